The van der Waals surface area contributed by atoms with Crippen LogP contribution in [-0.2, 0) is 9.59 Å². The van der Waals surface area contributed by atoms with E-state index in [0.29, 0.717) is 18.0 Å². The molecule has 0 aliphatic rings. The number of benzene rings is 2. The number of hydrogen-bond acceptors (Lipinski definition) is 4. The van der Waals surface area contributed by atoms with Gasteiger partial charge in [-0.1, -0.05) is 6.92 Å². The van der Waals surface area contributed by atoms with Gasteiger partial charge in [0.25, 0.3) is 0 Å². The van der Waals surface area contributed by atoms with Gasteiger partial charge in [-0.05, 0) is 55.0 Å². The molecule has 0 fully saturated rings. The van der Waals surface area contributed by atoms with Crippen LogP contribution in [0.4, 0.5) is 17.1 Å². The highest BCUT2D eigenvalue weighted by molar-refractivity contribution is 5.94. The van der Waals surface area contributed by atoms with Crippen LogP contribution in [0.15, 0.2) is 48.5 Å². The average molecular weight is 341 g/mol. The van der Waals surface area contributed by atoms with Crippen LogP contribution in [0.3, 0.4) is 0 Å². The molecule has 0 radical (unpaired) electrons. The van der Waals surface area contributed by atoms with Crippen molar-refractivity contribution in [1.29, 1.82) is 0 Å². The van der Waals surface area contributed by atoms with Gasteiger partial charge in [-0.3, -0.25) is 9.59 Å². The summed E-state index contributed by atoms with van der Waals surface area (Å²) in [7, 11) is 0. The van der Waals surface area contributed by atoms with Gasteiger partial charge in [0.15, 0.2) is 0 Å². The van der Waals surface area contributed by atoms with Gasteiger partial charge in [-0.2, -0.15) is 0 Å². The number of anilines is 3. The fraction of sp³-hybridized carbons (Fsp3) is 0.263. The van der Waals surface area contributed by atoms with Gasteiger partial charge in [0.1, 0.15) is 5.75 Å². The van der Waals surface area contributed by atoms with Crippen LogP contribution in [0, 0.1) is 0 Å². The minimum absolute atomic E-state index is 0.132. The molecular weight excluding hydrogens is 318 g/mol. The monoisotopic (exact) mass is 341 g/mol. The molecule has 0 bridgehead atoms. The van der Waals surface area contributed by atoms with E-state index in [2.05, 4.69) is 22.9 Å². The van der Waals surface area contributed by atoms with Crippen LogP contribution in [0.25, 0.3) is 0 Å². The molecule has 0 saturated carbocycles. The first-order chi connectivity index (χ1) is 12.1. The van der Waals surface area contributed by atoms with E-state index in [0.717, 1.165) is 17.9 Å². The smallest absolute Gasteiger partial charge is 0.243 e. The van der Waals surface area contributed by atoms with E-state index in [9.17, 15) is 9.59 Å². The minimum Gasteiger partial charge on any atom is -0.494 e. The average Bonchev–Trinajstić information content (AvgIpc) is 2.60. The summed E-state index contributed by atoms with van der Waals surface area (Å²) < 4.78 is 5.52. The zero-order valence-corrected chi connectivity index (χ0v) is 14.5. The van der Waals surface area contributed by atoms with Crippen molar-refractivity contribution in [3.63, 3.8) is 0 Å². The highest BCUT2D eigenvalue weighted by Gasteiger charge is 2.03. The van der Waals surface area contributed by atoms with E-state index >= 15 is 0 Å². The quantitative estimate of drug-likeness (QED) is 0.687. The summed E-state index contributed by atoms with van der Waals surface area (Å²) in [6.07, 6.45) is 0.964. The van der Waals surface area contributed by atoms with Crippen molar-refractivity contribution in [2.45, 2.75) is 20.3 Å². The van der Waals surface area contributed by atoms with Crippen molar-refractivity contribution in [3.8, 4) is 5.75 Å². The second-order valence-corrected chi connectivity index (χ2v) is 5.53. The molecule has 0 aromatic heterocycles. The van der Waals surface area contributed by atoms with Crippen molar-refractivity contribution in [2.75, 3.05) is 29.1 Å². The maximum absolute atomic E-state index is 12.0. The van der Waals surface area contributed by atoms with Crippen molar-refractivity contribution in [3.05, 3.63) is 48.5 Å². The molecule has 0 atom stereocenters. The fourth-order valence-corrected chi connectivity index (χ4v) is 2.12. The maximum atomic E-state index is 12.0. The summed E-state index contributed by atoms with van der Waals surface area (Å²) in [5.74, 6) is 0.529. The van der Waals surface area contributed by atoms with Gasteiger partial charge >= 0.3 is 0 Å². The van der Waals surface area contributed by atoms with Crippen LogP contribution in [-0.4, -0.2) is 25.0 Å². The second-order valence-electron chi connectivity index (χ2n) is 5.53. The number of nitrogens with one attached hydrogen (secondary N) is 3. The zero-order valence-electron chi connectivity index (χ0n) is 14.5. The van der Waals surface area contributed by atoms with Crippen LogP contribution in [0.5, 0.6) is 5.75 Å². The summed E-state index contributed by atoms with van der Waals surface area (Å²) >= 11 is 0. The van der Waals surface area contributed by atoms with Crippen molar-refractivity contribution < 1.29 is 14.3 Å². The Labute approximate surface area is 147 Å². The molecule has 6 nitrogen and oxygen atoms in total. The number of carbonyl (C=O) groups excluding carboxylic acids is 2. The van der Waals surface area contributed by atoms with E-state index < -0.39 is 0 Å². The molecule has 2 aromatic rings. The Hall–Kier alpha value is -3.02. The van der Waals surface area contributed by atoms with Gasteiger partial charge < -0.3 is 20.7 Å². The van der Waals surface area contributed by atoms with E-state index in [1.807, 2.05) is 24.3 Å². The van der Waals surface area contributed by atoms with Crippen molar-refractivity contribution >= 4 is 28.9 Å². The third-order valence-electron chi connectivity index (χ3n) is 3.27. The summed E-state index contributed by atoms with van der Waals surface area (Å²) in [6.45, 7) is 4.35. The summed E-state index contributed by atoms with van der Waals surface area (Å²) in [5, 5.41) is 8.53. The number of carbonyl (C=O) groups is 2. The molecule has 0 unspecified atom stereocenters. The Morgan fingerprint density at radius 2 is 1.44 bits per heavy atom. The molecule has 2 rings (SSSR count). The summed E-state index contributed by atoms with van der Waals surface area (Å²) in [5.41, 5.74) is 2.21. The molecule has 0 aliphatic heterocycles. The topological polar surface area (TPSA) is 79.5 Å². The lowest BCUT2D eigenvalue weighted by atomic mass is 10.2. The number of amides is 2. The summed E-state index contributed by atoms with van der Waals surface area (Å²) in [6, 6.07) is 14.4. The zero-order chi connectivity index (χ0) is 18.1. The number of hydrogen-bond donors (Lipinski definition) is 3. The van der Waals surface area contributed by atoms with Gasteiger partial charge in [0, 0.05) is 24.0 Å². The molecule has 0 aliphatic carbocycles. The first kappa shape index (κ1) is 18.3. The Balaban J connectivity index is 1.79. The van der Waals surface area contributed by atoms with Crippen molar-refractivity contribution in [1.82, 2.24) is 0 Å². The van der Waals surface area contributed by atoms with Crippen LogP contribution in [0.1, 0.15) is 20.3 Å². The van der Waals surface area contributed by atoms with Crippen molar-refractivity contribution in [2.24, 2.45) is 0 Å². The van der Waals surface area contributed by atoms with E-state index in [-0.39, 0.29) is 18.4 Å². The molecule has 3 N–H and O–H groups in total. The van der Waals surface area contributed by atoms with Crippen LogP contribution < -0.4 is 20.7 Å². The Kier molecular flexibility index (Phi) is 6.83. The van der Waals surface area contributed by atoms with Crippen LogP contribution in [0.2, 0.25) is 0 Å². The molecule has 0 heterocycles. The maximum Gasteiger partial charge on any atom is 0.243 e. The van der Waals surface area contributed by atoms with Gasteiger partial charge in [-0.15, -0.1) is 0 Å². The Morgan fingerprint density at radius 3 is 2.00 bits per heavy atom. The van der Waals surface area contributed by atoms with E-state index in [1.165, 1.54) is 6.92 Å². The standard InChI is InChI=1S/C19H23N3O3/c1-3-12-25-18-10-8-15(9-11-18)20-13-19(24)22-17-6-4-16(5-7-17)21-14(2)23/h4-11,20H,3,12-13H2,1-2H3,(H,21,23)(H,22,24). The molecule has 0 saturated heterocycles. The lowest BCUT2D eigenvalue weighted by Gasteiger charge is -2.10. The fourth-order valence-electron chi connectivity index (χ4n) is 2.12. The normalized spacial score (nSPS) is 10.0. The SMILES string of the molecule is CCCOc1ccc(NCC(=O)Nc2ccc(NC(C)=O)cc2)cc1. The molecular formula is C19H23N3O3. The predicted octanol–water partition coefficient (Wildman–Crippen LogP) is 3.48. The third kappa shape index (κ3) is 6.55. The third-order valence-corrected chi connectivity index (χ3v) is 3.27. The molecule has 132 valence electrons. The minimum atomic E-state index is -0.154. The molecule has 25 heavy (non-hydrogen) atoms. The molecule has 2 amide bonds. The van der Waals surface area contributed by atoms with Crippen LogP contribution >= 0.6 is 0 Å². The lowest BCUT2D eigenvalue weighted by Crippen LogP contribution is -2.21. The summed E-state index contributed by atoms with van der Waals surface area (Å²) in [4.78, 5) is 23.0. The number of ether oxygens (including phenoxy) is 1. The van der Waals surface area contributed by atoms with Gasteiger partial charge in [0.05, 0.1) is 13.2 Å². The number of rotatable bonds is 8. The predicted molar refractivity (Wildman–Crippen MR) is 100 cm³/mol. The second kappa shape index (κ2) is 9.32. The van der Waals surface area contributed by atoms with E-state index in [1.54, 1.807) is 24.3 Å². The first-order valence-electron chi connectivity index (χ1n) is 8.21. The highest BCUT2D eigenvalue weighted by Crippen LogP contribution is 2.16. The largest absolute Gasteiger partial charge is 0.494 e. The molecule has 0 spiro atoms. The molecule has 6 heteroatoms. The first-order valence-corrected chi connectivity index (χ1v) is 8.21. The highest BCUT2D eigenvalue weighted by atomic mass is 16.5. The lowest BCUT2D eigenvalue weighted by molar-refractivity contribution is -0.115. The van der Waals surface area contributed by atoms with Gasteiger partial charge in [0.2, 0.25) is 11.8 Å². The molecule has 2 aromatic carbocycles. The van der Waals surface area contributed by atoms with Gasteiger partial charge in [-0.25, -0.2) is 0 Å². The van der Waals surface area contributed by atoms with E-state index in [4.69, 9.17) is 4.74 Å². The Morgan fingerprint density at radius 1 is 0.880 bits per heavy atom. The Bertz CT molecular complexity index is 697.